The number of hydrogen-bond acceptors (Lipinski definition) is 3. The van der Waals surface area contributed by atoms with E-state index < -0.39 is 24.8 Å². The lowest BCUT2D eigenvalue weighted by Gasteiger charge is -2.39. The highest BCUT2D eigenvalue weighted by Gasteiger charge is 2.32. The maximum Gasteiger partial charge on any atom is 0.389 e. The molecule has 1 aliphatic rings. The van der Waals surface area contributed by atoms with Gasteiger partial charge < -0.3 is 4.90 Å². The largest absolute Gasteiger partial charge is 0.389 e. The van der Waals surface area contributed by atoms with Crippen LogP contribution in [-0.4, -0.2) is 45.6 Å². The van der Waals surface area contributed by atoms with Crippen LogP contribution in [0.25, 0.3) is 22.0 Å². The fourth-order valence-corrected chi connectivity index (χ4v) is 4.81. The molecule has 1 aromatic heterocycles. The van der Waals surface area contributed by atoms with Crippen molar-refractivity contribution >= 4 is 22.6 Å². The molecule has 2 heterocycles. The number of rotatable bonds is 7. The minimum Gasteiger partial charge on any atom is -0.338 e. The lowest BCUT2D eigenvalue weighted by molar-refractivity contribution is -0.133. The molecule has 0 atom stereocenters. The van der Waals surface area contributed by atoms with E-state index >= 15 is 0 Å². The second kappa shape index (κ2) is 10.0. The first-order valence-electron chi connectivity index (χ1n) is 12.3. The van der Waals surface area contributed by atoms with Crippen molar-refractivity contribution in [3.8, 4) is 11.1 Å². The molecule has 3 aromatic carbocycles. The quantitative estimate of drug-likeness (QED) is 0.207. The predicted molar refractivity (Wildman–Crippen MR) is 135 cm³/mol. The maximum atomic E-state index is 13.2. The molecular weight excluding hydrogens is 498 g/mol. The first-order chi connectivity index (χ1) is 18.1. The fraction of sp³-hybridized carbons (Fsp3) is 0.276. The van der Waals surface area contributed by atoms with Crippen LogP contribution in [0.15, 0.2) is 66.9 Å². The lowest BCUT2D eigenvalue weighted by Crippen LogP contribution is -2.51. The second-order valence-electron chi connectivity index (χ2n) is 9.72. The standard InChI is InChI=1S/C29H25F4N3O2/c1-18-24(27(37)12-13-29(31,32)33)10-11-26-25(18)17-36(34-26)16-19-14-35(15-19)28(38)22-4-2-20(3-5-22)21-6-8-23(30)9-7-21/h2-11,17,19H,12-16H2,1H3. The molecule has 0 N–H and O–H groups in total. The number of nitrogens with zero attached hydrogens (tertiary/aromatic N) is 3. The summed E-state index contributed by atoms with van der Waals surface area (Å²) in [5.74, 6) is -0.686. The molecule has 38 heavy (non-hydrogen) atoms. The number of ketones is 1. The van der Waals surface area contributed by atoms with E-state index in [9.17, 15) is 27.2 Å². The number of fused-ring (bicyclic) bond motifs is 1. The first-order valence-corrected chi connectivity index (χ1v) is 12.3. The van der Waals surface area contributed by atoms with Gasteiger partial charge >= 0.3 is 6.18 Å². The minimum absolute atomic E-state index is 0.0598. The highest BCUT2D eigenvalue weighted by atomic mass is 19.4. The van der Waals surface area contributed by atoms with E-state index in [4.69, 9.17) is 0 Å². The van der Waals surface area contributed by atoms with Gasteiger partial charge in [0.2, 0.25) is 0 Å². The number of hydrogen-bond donors (Lipinski definition) is 0. The summed E-state index contributed by atoms with van der Waals surface area (Å²) >= 11 is 0. The molecule has 1 saturated heterocycles. The number of aryl methyl sites for hydroxylation is 1. The van der Waals surface area contributed by atoms with Crippen LogP contribution >= 0.6 is 0 Å². The Kier molecular flexibility index (Phi) is 6.77. The highest BCUT2D eigenvalue weighted by Crippen LogP contribution is 2.28. The summed E-state index contributed by atoms with van der Waals surface area (Å²) < 4.78 is 52.5. The summed E-state index contributed by atoms with van der Waals surface area (Å²) in [4.78, 5) is 27.0. The Morgan fingerprint density at radius 3 is 2.21 bits per heavy atom. The number of benzene rings is 3. The van der Waals surface area contributed by atoms with Gasteiger partial charge in [-0.1, -0.05) is 24.3 Å². The lowest BCUT2D eigenvalue weighted by atomic mass is 9.97. The predicted octanol–water partition coefficient (Wildman–Crippen LogP) is 6.45. The zero-order chi connectivity index (χ0) is 27.0. The van der Waals surface area contributed by atoms with Crippen LogP contribution in [0.4, 0.5) is 17.6 Å². The summed E-state index contributed by atoms with van der Waals surface area (Å²) in [5.41, 5.74) is 3.92. The van der Waals surface area contributed by atoms with Crippen molar-refractivity contribution in [2.24, 2.45) is 5.92 Å². The average molecular weight is 524 g/mol. The smallest absolute Gasteiger partial charge is 0.338 e. The SMILES string of the molecule is Cc1c(C(=O)CCC(F)(F)F)ccc2nn(CC3CN(C(=O)c4ccc(-c5ccc(F)cc5)cc4)C3)cc12. The third-order valence-electron chi connectivity index (χ3n) is 6.94. The zero-order valence-electron chi connectivity index (χ0n) is 20.6. The van der Waals surface area contributed by atoms with Crippen LogP contribution < -0.4 is 0 Å². The van der Waals surface area contributed by atoms with Crippen molar-refractivity contribution in [1.82, 2.24) is 14.7 Å². The van der Waals surface area contributed by atoms with Crippen LogP contribution in [0.1, 0.15) is 39.1 Å². The average Bonchev–Trinajstić information content (AvgIpc) is 3.28. The molecule has 5 nitrogen and oxygen atoms in total. The summed E-state index contributed by atoms with van der Waals surface area (Å²) in [6.45, 7) is 3.46. The van der Waals surface area contributed by atoms with Gasteiger partial charge in [0.05, 0.1) is 11.9 Å². The van der Waals surface area contributed by atoms with E-state index in [1.807, 2.05) is 18.3 Å². The van der Waals surface area contributed by atoms with Gasteiger partial charge in [0, 0.05) is 54.7 Å². The van der Waals surface area contributed by atoms with Gasteiger partial charge in [0.1, 0.15) is 5.82 Å². The number of aromatic nitrogens is 2. The van der Waals surface area contributed by atoms with Crippen molar-refractivity contribution in [1.29, 1.82) is 0 Å². The minimum atomic E-state index is -4.37. The van der Waals surface area contributed by atoms with E-state index in [1.54, 1.807) is 52.9 Å². The van der Waals surface area contributed by atoms with Gasteiger partial charge in [-0.15, -0.1) is 0 Å². The van der Waals surface area contributed by atoms with E-state index in [1.165, 1.54) is 12.1 Å². The molecule has 0 saturated carbocycles. The molecule has 0 aliphatic carbocycles. The van der Waals surface area contributed by atoms with E-state index in [2.05, 4.69) is 5.10 Å². The number of amides is 1. The molecule has 0 spiro atoms. The molecule has 0 radical (unpaired) electrons. The van der Waals surface area contributed by atoms with Gasteiger partial charge in [-0.3, -0.25) is 14.3 Å². The number of likely N-dealkylation sites (tertiary alicyclic amines) is 1. The van der Waals surface area contributed by atoms with Gasteiger partial charge in [0.25, 0.3) is 5.91 Å². The molecule has 1 aliphatic heterocycles. The molecule has 0 unspecified atom stereocenters. The van der Waals surface area contributed by atoms with E-state index in [-0.39, 0.29) is 23.2 Å². The van der Waals surface area contributed by atoms with Crippen LogP contribution in [0.5, 0.6) is 0 Å². The molecule has 5 rings (SSSR count). The Morgan fingerprint density at radius 2 is 1.58 bits per heavy atom. The molecule has 1 amide bonds. The fourth-order valence-electron chi connectivity index (χ4n) is 4.81. The van der Waals surface area contributed by atoms with Crippen molar-refractivity contribution in [2.75, 3.05) is 13.1 Å². The van der Waals surface area contributed by atoms with Gasteiger partial charge in [-0.25, -0.2) is 4.39 Å². The Hall–Kier alpha value is -4.01. The Labute approximate surface area is 216 Å². The summed E-state index contributed by atoms with van der Waals surface area (Å²) in [7, 11) is 0. The van der Waals surface area contributed by atoms with Crippen molar-refractivity contribution in [3.05, 3.63) is 89.4 Å². The van der Waals surface area contributed by atoms with E-state index in [0.717, 1.165) is 16.5 Å². The highest BCUT2D eigenvalue weighted by molar-refractivity contribution is 6.01. The summed E-state index contributed by atoms with van der Waals surface area (Å²) in [6.07, 6.45) is -4.28. The Morgan fingerprint density at radius 1 is 0.947 bits per heavy atom. The van der Waals surface area contributed by atoms with Crippen LogP contribution in [0, 0.1) is 18.7 Å². The molecule has 4 aromatic rings. The monoisotopic (exact) mass is 523 g/mol. The zero-order valence-corrected chi connectivity index (χ0v) is 20.6. The molecular formula is C29H25F4N3O2. The third kappa shape index (κ3) is 5.46. The molecule has 1 fully saturated rings. The number of halogens is 4. The normalized spacial score (nSPS) is 14.1. The van der Waals surface area contributed by atoms with Crippen molar-refractivity contribution in [2.45, 2.75) is 32.5 Å². The van der Waals surface area contributed by atoms with E-state index in [0.29, 0.717) is 36.3 Å². The molecule has 196 valence electrons. The van der Waals surface area contributed by atoms with Gasteiger partial charge in [0.15, 0.2) is 5.78 Å². The maximum absolute atomic E-state index is 13.2. The van der Waals surface area contributed by atoms with Crippen LogP contribution in [0.2, 0.25) is 0 Å². The number of carbonyl (C=O) groups is 2. The van der Waals surface area contributed by atoms with Gasteiger partial charge in [-0.2, -0.15) is 18.3 Å². The number of Topliss-reactive ketones (excluding diaryl/α,β-unsaturated/α-hetero) is 1. The number of carbonyl (C=O) groups excluding carboxylic acids is 2. The number of alkyl halides is 3. The molecule has 0 bridgehead atoms. The first kappa shape index (κ1) is 25.6. The Bertz CT molecular complexity index is 1490. The van der Waals surface area contributed by atoms with Crippen LogP contribution in [0.3, 0.4) is 0 Å². The molecule has 9 heteroatoms. The summed E-state index contributed by atoms with van der Waals surface area (Å²) in [5, 5.41) is 5.28. The Balaban J connectivity index is 1.19. The second-order valence-corrected chi connectivity index (χ2v) is 9.72. The third-order valence-corrected chi connectivity index (χ3v) is 6.94. The van der Waals surface area contributed by atoms with Crippen molar-refractivity contribution in [3.63, 3.8) is 0 Å². The topological polar surface area (TPSA) is 55.2 Å². The van der Waals surface area contributed by atoms with Gasteiger partial charge in [-0.05, 0) is 60.0 Å². The summed E-state index contributed by atoms with van der Waals surface area (Å²) in [6, 6.07) is 16.6. The van der Waals surface area contributed by atoms with Crippen molar-refractivity contribution < 1.29 is 27.2 Å². The van der Waals surface area contributed by atoms with Crippen LogP contribution in [-0.2, 0) is 6.54 Å².